The van der Waals surface area contributed by atoms with E-state index >= 15 is 0 Å². The minimum absolute atomic E-state index is 0.394. The van der Waals surface area contributed by atoms with Crippen LogP contribution in [-0.4, -0.2) is 18.1 Å². The van der Waals surface area contributed by atoms with Crippen molar-refractivity contribution >= 4 is 5.97 Å². The fraction of sp³-hybridized carbons (Fsp3) is 0.478. The standard InChI is InChI=1S/C23H25NO3/c1-26-22(25)18-2-7-21(24-14-18)27-20-5-3-19(4-6-20)23-11-15-8-16(12-23)10-17(9-15)13-23/h2-7,14-17H,8-13H2,1H3. The molecule has 0 saturated heterocycles. The summed E-state index contributed by atoms with van der Waals surface area (Å²) in [6.07, 6.45) is 9.99. The Labute approximate surface area is 159 Å². The molecule has 4 fully saturated rings. The molecule has 6 rings (SSSR count). The van der Waals surface area contributed by atoms with E-state index in [1.807, 2.05) is 0 Å². The van der Waals surface area contributed by atoms with Gasteiger partial charge in [0, 0.05) is 12.3 Å². The second kappa shape index (κ2) is 6.36. The first kappa shape index (κ1) is 16.8. The second-order valence-electron chi connectivity index (χ2n) is 8.70. The molecule has 1 aromatic carbocycles. The van der Waals surface area contributed by atoms with Crippen LogP contribution in [-0.2, 0) is 10.2 Å². The molecule has 0 radical (unpaired) electrons. The van der Waals surface area contributed by atoms with Crippen molar-refractivity contribution in [3.8, 4) is 11.6 Å². The molecule has 4 saturated carbocycles. The van der Waals surface area contributed by atoms with E-state index in [1.54, 1.807) is 12.1 Å². The van der Waals surface area contributed by atoms with Crippen LogP contribution in [0.1, 0.15) is 54.4 Å². The SMILES string of the molecule is COC(=O)c1ccc(Oc2ccc(C34CC5CC(CC(C5)C3)C4)cc2)nc1. The molecule has 0 amide bonds. The third-order valence-electron chi connectivity index (χ3n) is 6.88. The van der Waals surface area contributed by atoms with Crippen molar-refractivity contribution < 1.29 is 14.3 Å². The number of carbonyl (C=O) groups excluding carboxylic acids is 1. The lowest BCUT2D eigenvalue weighted by Gasteiger charge is -2.57. The van der Waals surface area contributed by atoms with Crippen LogP contribution in [0.4, 0.5) is 0 Å². The van der Waals surface area contributed by atoms with Crippen LogP contribution in [0, 0.1) is 17.8 Å². The molecule has 0 unspecified atom stereocenters. The molecule has 140 valence electrons. The van der Waals surface area contributed by atoms with E-state index in [4.69, 9.17) is 4.74 Å². The second-order valence-corrected chi connectivity index (χ2v) is 8.70. The van der Waals surface area contributed by atoms with E-state index in [0.29, 0.717) is 16.9 Å². The number of methoxy groups -OCH3 is 1. The minimum Gasteiger partial charge on any atom is -0.465 e. The summed E-state index contributed by atoms with van der Waals surface area (Å²) in [5.74, 6) is 3.71. The molecule has 4 bridgehead atoms. The van der Waals surface area contributed by atoms with Gasteiger partial charge in [0.15, 0.2) is 0 Å². The quantitative estimate of drug-likeness (QED) is 0.707. The van der Waals surface area contributed by atoms with Crippen molar-refractivity contribution in [3.05, 3.63) is 53.7 Å². The molecular weight excluding hydrogens is 338 g/mol. The lowest BCUT2D eigenvalue weighted by molar-refractivity contribution is -0.00520. The maximum Gasteiger partial charge on any atom is 0.339 e. The van der Waals surface area contributed by atoms with Crippen molar-refractivity contribution in [2.24, 2.45) is 17.8 Å². The summed E-state index contributed by atoms with van der Waals surface area (Å²) in [6, 6.07) is 12.0. The van der Waals surface area contributed by atoms with Crippen LogP contribution in [0.25, 0.3) is 0 Å². The van der Waals surface area contributed by atoms with Gasteiger partial charge in [0.2, 0.25) is 5.88 Å². The average molecular weight is 363 g/mol. The van der Waals surface area contributed by atoms with E-state index in [-0.39, 0.29) is 0 Å². The van der Waals surface area contributed by atoms with E-state index in [0.717, 1.165) is 23.5 Å². The number of hydrogen-bond donors (Lipinski definition) is 0. The normalized spacial score (nSPS) is 30.9. The van der Waals surface area contributed by atoms with Crippen LogP contribution in [0.5, 0.6) is 11.6 Å². The highest BCUT2D eigenvalue weighted by Crippen LogP contribution is 2.60. The molecule has 0 N–H and O–H groups in total. The number of esters is 1. The molecule has 1 heterocycles. The van der Waals surface area contributed by atoms with Gasteiger partial charge in [0.1, 0.15) is 5.75 Å². The van der Waals surface area contributed by atoms with Crippen LogP contribution >= 0.6 is 0 Å². The molecule has 1 aromatic heterocycles. The summed E-state index contributed by atoms with van der Waals surface area (Å²) < 4.78 is 10.5. The van der Waals surface area contributed by atoms with Crippen molar-refractivity contribution in [2.45, 2.75) is 43.9 Å². The summed E-state index contributed by atoms with van der Waals surface area (Å²) in [7, 11) is 1.36. The zero-order chi connectivity index (χ0) is 18.4. The largest absolute Gasteiger partial charge is 0.465 e. The molecule has 4 heteroatoms. The lowest BCUT2D eigenvalue weighted by Crippen LogP contribution is -2.48. The first-order valence-corrected chi connectivity index (χ1v) is 9.96. The van der Waals surface area contributed by atoms with Gasteiger partial charge in [0.25, 0.3) is 0 Å². The van der Waals surface area contributed by atoms with Gasteiger partial charge in [-0.25, -0.2) is 9.78 Å². The maximum atomic E-state index is 11.5. The van der Waals surface area contributed by atoms with Crippen LogP contribution in [0.15, 0.2) is 42.6 Å². The smallest absolute Gasteiger partial charge is 0.339 e. The number of rotatable bonds is 4. The van der Waals surface area contributed by atoms with Crippen molar-refractivity contribution in [1.29, 1.82) is 0 Å². The van der Waals surface area contributed by atoms with E-state index in [2.05, 4.69) is 34.0 Å². The van der Waals surface area contributed by atoms with Crippen LogP contribution in [0.3, 0.4) is 0 Å². The zero-order valence-corrected chi connectivity index (χ0v) is 15.7. The van der Waals surface area contributed by atoms with Gasteiger partial charge in [-0.05, 0) is 85.5 Å². The highest BCUT2D eigenvalue weighted by Gasteiger charge is 2.51. The Morgan fingerprint density at radius 2 is 1.59 bits per heavy atom. The highest BCUT2D eigenvalue weighted by molar-refractivity contribution is 5.88. The number of aromatic nitrogens is 1. The zero-order valence-electron chi connectivity index (χ0n) is 15.7. The van der Waals surface area contributed by atoms with E-state index in [9.17, 15) is 4.79 Å². The summed E-state index contributed by atoms with van der Waals surface area (Å²) in [5.41, 5.74) is 2.32. The first-order chi connectivity index (χ1) is 13.1. The lowest BCUT2D eigenvalue weighted by atomic mass is 9.48. The van der Waals surface area contributed by atoms with Crippen LogP contribution < -0.4 is 4.74 Å². The molecule has 0 spiro atoms. The van der Waals surface area contributed by atoms with E-state index < -0.39 is 5.97 Å². The molecule has 0 atom stereocenters. The molecule has 2 aromatic rings. The molecule has 4 aliphatic carbocycles. The predicted octanol–water partition coefficient (Wildman–Crippen LogP) is 5.13. The van der Waals surface area contributed by atoms with Gasteiger partial charge in [-0.2, -0.15) is 0 Å². The number of ether oxygens (including phenoxy) is 2. The Bertz CT molecular complexity index is 806. The Morgan fingerprint density at radius 3 is 2.11 bits per heavy atom. The number of carbonyl (C=O) groups is 1. The predicted molar refractivity (Wildman–Crippen MR) is 102 cm³/mol. The fourth-order valence-corrected chi connectivity index (χ4v) is 6.14. The third kappa shape index (κ3) is 3.01. The number of hydrogen-bond acceptors (Lipinski definition) is 4. The highest BCUT2D eigenvalue weighted by atomic mass is 16.5. The van der Waals surface area contributed by atoms with E-state index in [1.165, 1.54) is 57.4 Å². The van der Waals surface area contributed by atoms with Crippen molar-refractivity contribution in [1.82, 2.24) is 4.98 Å². The Kier molecular flexibility index (Phi) is 3.96. The van der Waals surface area contributed by atoms with Gasteiger partial charge in [-0.15, -0.1) is 0 Å². The number of benzene rings is 1. The summed E-state index contributed by atoms with van der Waals surface area (Å²) >= 11 is 0. The first-order valence-electron chi connectivity index (χ1n) is 9.96. The molecule has 27 heavy (non-hydrogen) atoms. The summed E-state index contributed by atoms with van der Waals surface area (Å²) in [6.45, 7) is 0. The Hall–Kier alpha value is -2.36. The van der Waals surface area contributed by atoms with Crippen molar-refractivity contribution in [3.63, 3.8) is 0 Å². The van der Waals surface area contributed by atoms with Gasteiger partial charge in [0.05, 0.1) is 12.7 Å². The molecule has 4 aliphatic rings. The maximum absolute atomic E-state index is 11.5. The van der Waals surface area contributed by atoms with Gasteiger partial charge < -0.3 is 9.47 Å². The van der Waals surface area contributed by atoms with Crippen molar-refractivity contribution in [2.75, 3.05) is 7.11 Å². The molecular formula is C23H25NO3. The van der Waals surface area contributed by atoms with Gasteiger partial charge in [-0.3, -0.25) is 0 Å². The Morgan fingerprint density at radius 1 is 0.963 bits per heavy atom. The fourth-order valence-electron chi connectivity index (χ4n) is 6.14. The molecule has 4 nitrogen and oxygen atoms in total. The average Bonchev–Trinajstić information content (AvgIpc) is 2.67. The number of pyridine rings is 1. The topological polar surface area (TPSA) is 48.4 Å². The van der Waals surface area contributed by atoms with Gasteiger partial charge in [-0.1, -0.05) is 12.1 Å². The molecule has 0 aliphatic heterocycles. The van der Waals surface area contributed by atoms with Crippen LogP contribution in [0.2, 0.25) is 0 Å². The monoisotopic (exact) mass is 363 g/mol. The number of nitrogens with zero attached hydrogens (tertiary/aromatic N) is 1. The third-order valence-corrected chi connectivity index (χ3v) is 6.88. The summed E-state index contributed by atoms with van der Waals surface area (Å²) in [4.78, 5) is 15.7. The summed E-state index contributed by atoms with van der Waals surface area (Å²) in [5, 5.41) is 0. The Balaban J connectivity index is 1.31. The minimum atomic E-state index is -0.394. The van der Waals surface area contributed by atoms with Gasteiger partial charge >= 0.3 is 5.97 Å².